The average molecular weight is 332 g/mol. The number of H-pyrrole nitrogens is 1. The Morgan fingerprint density at radius 3 is 2.71 bits per heavy atom. The molecule has 2 rings (SSSR count). The highest BCUT2D eigenvalue weighted by Crippen LogP contribution is 2.18. The first-order valence-corrected chi connectivity index (χ1v) is 7.43. The fraction of sp³-hybridized carbons (Fsp3) is 0.312. The Labute approximate surface area is 138 Å². The zero-order valence-electron chi connectivity index (χ0n) is 13.3. The van der Waals surface area contributed by atoms with Crippen molar-refractivity contribution < 1.29 is 19.1 Å². The molecule has 0 spiro atoms. The number of fused-ring (bicyclic) bond motifs is 1. The lowest BCUT2D eigenvalue weighted by molar-refractivity contribution is -0.141. The quantitative estimate of drug-likeness (QED) is 0.506. The van der Waals surface area contributed by atoms with Crippen LogP contribution in [0.4, 0.5) is 0 Å². The van der Waals surface area contributed by atoms with E-state index in [2.05, 4.69) is 20.4 Å². The van der Waals surface area contributed by atoms with Crippen molar-refractivity contribution >= 4 is 28.7 Å². The number of esters is 1. The average Bonchev–Trinajstić information content (AvgIpc) is 3.00. The largest absolute Gasteiger partial charge is 0.468 e. The van der Waals surface area contributed by atoms with Crippen LogP contribution in [0.1, 0.15) is 5.56 Å². The molecule has 0 bridgehead atoms. The predicted octanol–water partition coefficient (Wildman–Crippen LogP) is -0.557. The van der Waals surface area contributed by atoms with Crippen molar-refractivity contribution in [3.8, 4) is 0 Å². The van der Waals surface area contributed by atoms with Crippen molar-refractivity contribution in [1.82, 2.24) is 15.6 Å². The Balaban J connectivity index is 1.82. The fourth-order valence-corrected chi connectivity index (χ4v) is 2.23. The number of aromatic nitrogens is 1. The molecular weight excluding hydrogens is 312 g/mol. The number of rotatable bonds is 7. The van der Waals surface area contributed by atoms with E-state index in [1.807, 2.05) is 30.5 Å². The lowest BCUT2D eigenvalue weighted by Gasteiger charge is -2.12. The molecule has 1 aromatic heterocycles. The van der Waals surface area contributed by atoms with Gasteiger partial charge in [0.1, 0.15) is 6.54 Å². The smallest absolute Gasteiger partial charge is 0.325 e. The van der Waals surface area contributed by atoms with Gasteiger partial charge in [0.25, 0.3) is 0 Å². The second-order valence-electron chi connectivity index (χ2n) is 5.24. The standard InChI is InChI=1S/C16H20N4O4/c1-24-15(22)9-19-14(21)8-20-16(23)12(17)6-10-7-18-13-5-3-2-4-11(10)13/h2-5,7,12,18H,6,8-9,17H2,1H3,(H,19,21)(H,20,23)/t12-/m0/s1. The zero-order valence-corrected chi connectivity index (χ0v) is 13.3. The summed E-state index contributed by atoms with van der Waals surface area (Å²) in [7, 11) is 1.22. The summed E-state index contributed by atoms with van der Waals surface area (Å²) < 4.78 is 4.39. The van der Waals surface area contributed by atoms with Gasteiger partial charge in [-0.1, -0.05) is 18.2 Å². The number of carbonyl (C=O) groups excluding carboxylic acids is 3. The lowest BCUT2D eigenvalue weighted by atomic mass is 10.1. The summed E-state index contributed by atoms with van der Waals surface area (Å²) >= 11 is 0. The van der Waals surface area contributed by atoms with Gasteiger partial charge in [0.15, 0.2) is 0 Å². The van der Waals surface area contributed by atoms with Gasteiger partial charge in [0.05, 0.1) is 19.7 Å². The summed E-state index contributed by atoms with van der Waals surface area (Å²) in [6.45, 7) is -0.496. The minimum Gasteiger partial charge on any atom is -0.468 e. The van der Waals surface area contributed by atoms with E-state index < -0.39 is 23.8 Å². The maximum atomic E-state index is 12.0. The number of para-hydroxylation sites is 1. The number of aromatic amines is 1. The van der Waals surface area contributed by atoms with Gasteiger partial charge in [0, 0.05) is 17.1 Å². The van der Waals surface area contributed by atoms with Crippen LogP contribution in [-0.2, 0) is 25.5 Å². The number of nitrogens with two attached hydrogens (primary N) is 1. The number of methoxy groups -OCH3 is 1. The molecule has 1 atom stereocenters. The van der Waals surface area contributed by atoms with E-state index in [-0.39, 0.29) is 13.1 Å². The predicted molar refractivity (Wildman–Crippen MR) is 88.0 cm³/mol. The molecule has 2 amide bonds. The van der Waals surface area contributed by atoms with Gasteiger partial charge < -0.3 is 26.1 Å². The number of benzene rings is 1. The van der Waals surface area contributed by atoms with Crippen molar-refractivity contribution in [1.29, 1.82) is 0 Å². The third-order valence-corrected chi connectivity index (χ3v) is 3.53. The van der Waals surface area contributed by atoms with E-state index in [9.17, 15) is 14.4 Å². The van der Waals surface area contributed by atoms with Crippen LogP contribution in [0.15, 0.2) is 30.5 Å². The van der Waals surface area contributed by atoms with Crippen molar-refractivity contribution in [2.75, 3.05) is 20.2 Å². The second-order valence-corrected chi connectivity index (χ2v) is 5.24. The first-order chi connectivity index (χ1) is 11.5. The van der Waals surface area contributed by atoms with Crippen LogP contribution < -0.4 is 16.4 Å². The Morgan fingerprint density at radius 1 is 1.21 bits per heavy atom. The number of hydrogen-bond donors (Lipinski definition) is 4. The van der Waals surface area contributed by atoms with Crippen molar-refractivity contribution in [2.24, 2.45) is 5.73 Å². The summed E-state index contributed by atoms with van der Waals surface area (Å²) in [5.74, 6) is -1.49. The van der Waals surface area contributed by atoms with Gasteiger partial charge in [-0.05, 0) is 18.1 Å². The van der Waals surface area contributed by atoms with E-state index >= 15 is 0 Å². The fourth-order valence-electron chi connectivity index (χ4n) is 2.23. The van der Waals surface area contributed by atoms with Crippen molar-refractivity contribution in [3.63, 3.8) is 0 Å². The third kappa shape index (κ3) is 4.56. The lowest BCUT2D eigenvalue weighted by Crippen LogP contribution is -2.46. The minimum atomic E-state index is -0.780. The molecular formula is C16H20N4O4. The number of ether oxygens (including phenoxy) is 1. The minimum absolute atomic E-state index is 0.243. The molecule has 1 aromatic carbocycles. The summed E-state index contributed by atoms with van der Waals surface area (Å²) in [5, 5.41) is 5.78. The topological polar surface area (TPSA) is 126 Å². The summed E-state index contributed by atoms with van der Waals surface area (Å²) in [6.07, 6.45) is 2.17. The van der Waals surface area contributed by atoms with Crippen molar-refractivity contribution in [3.05, 3.63) is 36.0 Å². The van der Waals surface area contributed by atoms with E-state index in [0.717, 1.165) is 16.5 Å². The molecule has 24 heavy (non-hydrogen) atoms. The molecule has 0 saturated heterocycles. The number of carbonyl (C=O) groups is 3. The highest BCUT2D eigenvalue weighted by Gasteiger charge is 2.17. The number of hydrogen-bond acceptors (Lipinski definition) is 5. The molecule has 0 aliphatic carbocycles. The molecule has 8 heteroatoms. The van der Waals surface area contributed by atoms with Crippen LogP contribution in [0, 0.1) is 0 Å². The Bertz CT molecular complexity index is 741. The Kier molecular flexibility index (Phi) is 5.91. The Hall–Kier alpha value is -2.87. The van der Waals surface area contributed by atoms with Gasteiger partial charge in [-0.25, -0.2) is 0 Å². The molecule has 0 unspecified atom stereocenters. The summed E-state index contributed by atoms with van der Waals surface area (Å²) in [5.41, 5.74) is 7.81. The monoisotopic (exact) mass is 332 g/mol. The van der Waals surface area contributed by atoms with E-state index in [1.165, 1.54) is 7.11 Å². The molecule has 8 nitrogen and oxygen atoms in total. The second kappa shape index (κ2) is 8.11. The van der Waals surface area contributed by atoms with Gasteiger partial charge in [-0.3, -0.25) is 14.4 Å². The van der Waals surface area contributed by atoms with Gasteiger partial charge in [-0.15, -0.1) is 0 Å². The first kappa shape index (κ1) is 17.5. The van der Waals surface area contributed by atoms with Crippen LogP contribution in [0.5, 0.6) is 0 Å². The zero-order chi connectivity index (χ0) is 17.5. The van der Waals surface area contributed by atoms with Crippen LogP contribution in [0.2, 0.25) is 0 Å². The highest BCUT2D eigenvalue weighted by atomic mass is 16.5. The highest BCUT2D eigenvalue weighted by molar-refractivity contribution is 5.89. The van der Waals surface area contributed by atoms with Crippen LogP contribution >= 0.6 is 0 Å². The van der Waals surface area contributed by atoms with Gasteiger partial charge in [-0.2, -0.15) is 0 Å². The number of amides is 2. The normalized spacial score (nSPS) is 11.8. The number of nitrogens with one attached hydrogen (secondary N) is 3. The summed E-state index contributed by atoms with van der Waals surface area (Å²) in [4.78, 5) is 37.5. The molecule has 0 fully saturated rings. The maximum absolute atomic E-state index is 12.0. The molecule has 1 heterocycles. The molecule has 0 saturated carbocycles. The molecule has 0 radical (unpaired) electrons. The Morgan fingerprint density at radius 2 is 1.96 bits per heavy atom. The van der Waals surface area contributed by atoms with E-state index in [1.54, 1.807) is 0 Å². The van der Waals surface area contributed by atoms with Crippen molar-refractivity contribution in [2.45, 2.75) is 12.5 Å². The van der Waals surface area contributed by atoms with Gasteiger partial charge >= 0.3 is 5.97 Å². The molecule has 2 aromatic rings. The molecule has 5 N–H and O–H groups in total. The molecule has 0 aliphatic heterocycles. The third-order valence-electron chi connectivity index (χ3n) is 3.53. The van der Waals surface area contributed by atoms with Crippen LogP contribution in [-0.4, -0.2) is 49.0 Å². The van der Waals surface area contributed by atoms with Crippen LogP contribution in [0.3, 0.4) is 0 Å². The van der Waals surface area contributed by atoms with Gasteiger partial charge in [0.2, 0.25) is 11.8 Å². The molecule has 0 aliphatic rings. The summed E-state index contributed by atoms with van der Waals surface area (Å²) in [6, 6.07) is 6.94. The van der Waals surface area contributed by atoms with E-state index in [4.69, 9.17) is 5.73 Å². The SMILES string of the molecule is COC(=O)CNC(=O)CNC(=O)[C@@H](N)Cc1c[nH]c2ccccc12. The molecule has 128 valence electrons. The van der Waals surface area contributed by atoms with E-state index in [0.29, 0.717) is 6.42 Å². The maximum Gasteiger partial charge on any atom is 0.325 e. The first-order valence-electron chi connectivity index (χ1n) is 7.43. The van der Waals surface area contributed by atoms with Crippen LogP contribution in [0.25, 0.3) is 10.9 Å².